The quantitative estimate of drug-likeness (QED) is 0.720. The number of nitrogens with one attached hydrogen (secondary N) is 2. The molecule has 2 heterocycles. The van der Waals surface area contributed by atoms with Crippen molar-refractivity contribution in [2.24, 2.45) is 0 Å². The molecule has 6 heteroatoms. The molecule has 2 aromatic heterocycles. The van der Waals surface area contributed by atoms with Crippen LogP contribution < -0.4 is 10.6 Å². The number of aromatic nitrogens is 3. The van der Waals surface area contributed by atoms with Crippen LogP contribution in [0.4, 0.5) is 21.8 Å². The molecule has 0 unspecified atom stereocenters. The van der Waals surface area contributed by atoms with Crippen molar-refractivity contribution in [3.63, 3.8) is 0 Å². The fourth-order valence-electron chi connectivity index (χ4n) is 2.18. The van der Waals surface area contributed by atoms with E-state index in [9.17, 15) is 4.39 Å². The largest absolute Gasteiger partial charge is 0.366 e. The fraction of sp³-hybridized carbons (Fsp3) is 0.167. The first kappa shape index (κ1) is 15.9. The number of hydrogen-bond donors (Lipinski definition) is 2. The van der Waals surface area contributed by atoms with Crippen molar-refractivity contribution in [1.82, 2.24) is 15.0 Å². The zero-order valence-electron chi connectivity index (χ0n) is 13.3. The highest BCUT2D eigenvalue weighted by molar-refractivity contribution is 5.55. The minimum atomic E-state index is -0.275. The molecule has 0 amide bonds. The number of rotatable bonds is 6. The summed E-state index contributed by atoms with van der Waals surface area (Å²) in [4.78, 5) is 12.9. The van der Waals surface area contributed by atoms with E-state index in [0.29, 0.717) is 12.5 Å². The summed E-state index contributed by atoms with van der Waals surface area (Å²) in [5.74, 6) is 0.949. The molecule has 0 aliphatic heterocycles. The van der Waals surface area contributed by atoms with Crippen molar-refractivity contribution in [3.05, 3.63) is 71.9 Å². The van der Waals surface area contributed by atoms with Crippen molar-refractivity contribution in [1.29, 1.82) is 0 Å². The third kappa shape index (κ3) is 4.25. The zero-order valence-corrected chi connectivity index (χ0v) is 13.3. The van der Waals surface area contributed by atoms with Crippen molar-refractivity contribution in [2.45, 2.75) is 19.9 Å². The van der Waals surface area contributed by atoms with Crippen LogP contribution in [0.15, 0.2) is 54.9 Å². The monoisotopic (exact) mass is 323 g/mol. The van der Waals surface area contributed by atoms with Gasteiger partial charge in [-0.1, -0.05) is 6.92 Å². The number of benzene rings is 1. The molecule has 0 bridgehead atoms. The van der Waals surface area contributed by atoms with Gasteiger partial charge in [-0.3, -0.25) is 4.98 Å². The van der Waals surface area contributed by atoms with Crippen LogP contribution in [0.25, 0.3) is 0 Å². The van der Waals surface area contributed by atoms with Crippen molar-refractivity contribution < 1.29 is 4.39 Å². The van der Waals surface area contributed by atoms with Gasteiger partial charge in [-0.15, -0.1) is 0 Å². The number of halogens is 1. The Kier molecular flexibility index (Phi) is 4.96. The van der Waals surface area contributed by atoms with Crippen LogP contribution in [0, 0.1) is 5.82 Å². The minimum absolute atomic E-state index is 0.275. The van der Waals surface area contributed by atoms with Gasteiger partial charge in [-0.05, 0) is 48.4 Å². The molecule has 24 heavy (non-hydrogen) atoms. The normalized spacial score (nSPS) is 10.4. The van der Waals surface area contributed by atoms with Gasteiger partial charge in [-0.2, -0.15) is 4.98 Å². The first-order valence-electron chi connectivity index (χ1n) is 7.76. The maximum absolute atomic E-state index is 13.0. The average Bonchev–Trinajstić information content (AvgIpc) is 2.62. The topological polar surface area (TPSA) is 62.7 Å². The van der Waals surface area contributed by atoms with Gasteiger partial charge in [0.2, 0.25) is 5.95 Å². The SMILES string of the molecule is CCc1cc(NCc2ccncc2)nc(Nc2ccc(F)cc2)n1. The van der Waals surface area contributed by atoms with E-state index in [1.807, 2.05) is 25.1 Å². The third-order valence-electron chi connectivity index (χ3n) is 3.46. The lowest BCUT2D eigenvalue weighted by atomic mass is 10.2. The molecular weight excluding hydrogens is 305 g/mol. The van der Waals surface area contributed by atoms with E-state index in [1.165, 1.54) is 12.1 Å². The van der Waals surface area contributed by atoms with Crippen LogP contribution in [0.1, 0.15) is 18.2 Å². The minimum Gasteiger partial charge on any atom is -0.366 e. The molecule has 0 fully saturated rings. The Hall–Kier alpha value is -3.02. The Morgan fingerprint density at radius 1 is 1.00 bits per heavy atom. The van der Waals surface area contributed by atoms with E-state index < -0.39 is 0 Å². The van der Waals surface area contributed by atoms with Gasteiger partial charge >= 0.3 is 0 Å². The summed E-state index contributed by atoms with van der Waals surface area (Å²) in [6.45, 7) is 2.69. The molecule has 0 saturated carbocycles. The van der Waals surface area contributed by atoms with Gasteiger partial charge in [0.05, 0.1) is 0 Å². The van der Waals surface area contributed by atoms with Crippen LogP contribution >= 0.6 is 0 Å². The van der Waals surface area contributed by atoms with Crippen LogP contribution in [-0.2, 0) is 13.0 Å². The van der Waals surface area contributed by atoms with E-state index in [2.05, 4.69) is 25.6 Å². The van der Waals surface area contributed by atoms with Crippen molar-refractivity contribution in [3.8, 4) is 0 Å². The number of aryl methyl sites for hydroxylation is 1. The van der Waals surface area contributed by atoms with E-state index in [0.717, 1.165) is 29.2 Å². The predicted molar refractivity (Wildman–Crippen MR) is 92.7 cm³/mol. The Bertz CT molecular complexity index is 790. The standard InChI is InChI=1S/C18H18FN5/c1-2-15-11-17(21-12-13-7-9-20-10-8-13)24-18(22-15)23-16-5-3-14(19)4-6-16/h3-11H,2,12H2,1H3,(H2,21,22,23,24). The van der Waals surface area contributed by atoms with Gasteiger partial charge in [0.1, 0.15) is 11.6 Å². The lowest BCUT2D eigenvalue weighted by Gasteiger charge is -2.11. The molecule has 0 saturated heterocycles. The molecule has 2 N–H and O–H groups in total. The summed E-state index contributed by atoms with van der Waals surface area (Å²) in [5, 5.41) is 6.40. The highest BCUT2D eigenvalue weighted by Gasteiger charge is 2.05. The molecule has 122 valence electrons. The number of nitrogens with zero attached hydrogens (tertiary/aromatic N) is 3. The second-order valence-electron chi connectivity index (χ2n) is 5.26. The summed E-state index contributed by atoms with van der Waals surface area (Å²) >= 11 is 0. The number of anilines is 3. The third-order valence-corrected chi connectivity index (χ3v) is 3.46. The van der Waals surface area contributed by atoms with Gasteiger partial charge in [0, 0.05) is 36.4 Å². The summed E-state index contributed by atoms with van der Waals surface area (Å²) in [6, 6.07) is 11.9. The van der Waals surface area contributed by atoms with Crippen LogP contribution in [0.5, 0.6) is 0 Å². The van der Waals surface area contributed by atoms with Gasteiger partial charge < -0.3 is 10.6 Å². The highest BCUT2D eigenvalue weighted by atomic mass is 19.1. The van der Waals surface area contributed by atoms with E-state index in [1.54, 1.807) is 24.5 Å². The van der Waals surface area contributed by atoms with E-state index in [-0.39, 0.29) is 5.82 Å². The lowest BCUT2D eigenvalue weighted by molar-refractivity contribution is 0.628. The first-order valence-corrected chi connectivity index (χ1v) is 7.76. The first-order chi connectivity index (χ1) is 11.7. The Morgan fingerprint density at radius 2 is 1.75 bits per heavy atom. The molecule has 0 spiro atoms. The molecule has 0 aliphatic carbocycles. The second kappa shape index (κ2) is 7.50. The molecule has 3 rings (SSSR count). The van der Waals surface area contributed by atoms with Gasteiger partial charge in [0.15, 0.2) is 0 Å². The Labute approximate surface area is 140 Å². The van der Waals surface area contributed by atoms with Crippen molar-refractivity contribution >= 4 is 17.5 Å². The maximum Gasteiger partial charge on any atom is 0.229 e. The highest BCUT2D eigenvalue weighted by Crippen LogP contribution is 2.17. The smallest absolute Gasteiger partial charge is 0.229 e. The molecular formula is C18H18FN5. The molecule has 5 nitrogen and oxygen atoms in total. The average molecular weight is 323 g/mol. The molecule has 1 aromatic carbocycles. The number of pyridine rings is 1. The fourth-order valence-corrected chi connectivity index (χ4v) is 2.18. The Balaban J connectivity index is 1.76. The van der Waals surface area contributed by atoms with Gasteiger partial charge in [0.25, 0.3) is 0 Å². The summed E-state index contributed by atoms with van der Waals surface area (Å²) in [5.41, 5.74) is 2.78. The summed E-state index contributed by atoms with van der Waals surface area (Å²) in [7, 11) is 0. The number of hydrogen-bond acceptors (Lipinski definition) is 5. The van der Waals surface area contributed by atoms with Gasteiger partial charge in [-0.25, -0.2) is 9.37 Å². The van der Waals surface area contributed by atoms with Crippen molar-refractivity contribution in [2.75, 3.05) is 10.6 Å². The predicted octanol–water partition coefficient (Wildman–Crippen LogP) is 3.93. The van der Waals surface area contributed by atoms with E-state index in [4.69, 9.17) is 0 Å². The summed E-state index contributed by atoms with van der Waals surface area (Å²) in [6.07, 6.45) is 4.32. The Morgan fingerprint density at radius 3 is 2.46 bits per heavy atom. The van der Waals surface area contributed by atoms with E-state index >= 15 is 0 Å². The van der Waals surface area contributed by atoms with Crippen LogP contribution in [-0.4, -0.2) is 15.0 Å². The van der Waals surface area contributed by atoms with Crippen LogP contribution in [0.2, 0.25) is 0 Å². The summed E-state index contributed by atoms with van der Waals surface area (Å²) < 4.78 is 13.0. The molecule has 3 aromatic rings. The maximum atomic E-state index is 13.0. The molecule has 0 radical (unpaired) electrons. The lowest BCUT2D eigenvalue weighted by Crippen LogP contribution is -2.06. The van der Waals surface area contributed by atoms with Crippen LogP contribution in [0.3, 0.4) is 0 Å². The molecule has 0 atom stereocenters. The molecule has 0 aliphatic rings. The zero-order chi connectivity index (χ0) is 16.8. The second-order valence-corrected chi connectivity index (χ2v) is 5.26.